The number of benzene rings is 2. The Kier molecular flexibility index (Phi) is 6.36. The predicted molar refractivity (Wildman–Crippen MR) is 119 cm³/mol. The molecule has 11 heteroatoms. The van der Waals surface area contributed by atoms with E-state index in [9.17, 15) is 23.3 Å². The number of nitro benzene ring substituents is 1. The van der Waals surface area contributed by atoms with E-state index in [0.29, 0.717) is 38.2 Å². The number of rotatable bonds is 6. The molecule has 2 aliphatic rings. The SMILES string of the molecule is O=C(COc1ccc(Cl)cc1[N+](=O)[O-])N1CCCc2cc(S(=O)(=O)N3CCCC3)ccc21. The first-order chi connectivity index (χ1) is 15.3. The zero-order valence-corrected chi connectivity index (χ0v) is 18.8. The Morgan fingerprint density at radius 2 is 1.84 bits per heavy atom. The molecule has 0 saturated carbocycles. The third kappa shape index (κ3) is 4.43. The number of carbonyl (C=O) groups is 1. The summed E-state index contributed by atoms with van der Waals surface area (Å²) in [5, 5.41) is 11.4. The summed E-state index contributed by atoms with van der Waals surface area (Å²) in [5.41, 5.74) is 1.10. The molecular formula is C21H22ClN3O6S. The molecule has 2 aromatic rings. The zero-order chi connectivity index (χ0) is 22.9. The van der Waals surface area contributed by atoms with Crippen LogP contribution in [0, 0.1) is 10.1 Å². The van der Waals surface area contributed by atoms with Crippen LogP contribution < -0.4 is 9.64 Å². The van der Waals surface area contributed by atoms with E-state index in [0.717, 1.165) is 18.4 Å². The van der Waals surface area contributed by atoms with Crippen LogP contribution in [-0.2, 0) is 21.2 Å². The fourth-order valence-electron chi connectivity index (χ4n) is 4.04. The molecule has 1 saturated heterocycles. The summed E-state index contributed by atoms with van der Waals surface area (Å²) in [6.07, 6.45) is 3.05. The van der Waals surface area contributed by atoms with Crippen molar-refractivity contribution in [2.45, 2.75) is 30.6 Å². The Bertz CT molecular complexity index is 1160. The van der Waals surface area contributed by atoms with Gasteiger partial charge in [-0.25, -0.2) is 8.42 Å². The lowest BCUT2D eigenvalue weighted by atomic mass is 10.0. The van der Waals surface area contributed by atoms with Gasteiger partial charge in [-0.05, 0) is 61.6 Å². The molecule has 4 rings (SSSR count). The monoisotopic (exact) mass is 479 g/mol. The molecule has 170 valence electrons. The molecule has 1 amide bonds. The van der Waals surface area contributed by atoms with Gasteiger partial charge in [0.1, 0.15) is 0 Å². The minimum atomic E-state index is -3.54. The fourth-order valence-corrected chi connectivity index (χ4v) is 5.78. The number of nitrogens with zero attached hydrogens (tertiary/aromatic N) is 3. The van der Waals surface area contributed by atoms with Crippen molar-refractivity contribution in [2.24, 2.45) is 0 Å². The number of hydrogen-bond acceptors (Lipinski definition) is 6. The second-order valence-corrected chi connectivity index (χ2v) is 10.1. The third-order valence-electron chi connectivity index (χ3n) is 5.64. The van der Waals surface area contributed by atoms with Gasteiger partial charge in [0.25, 0.3) is 5.91 Å². The number of hydrogen-bond donors (Lipinski definition) is 0. The van der Waals surface area contributed by atoms with E-state index < -0.39 is 21.6 Å². The molecular weight excluding hydrogens is 458 g/mol. The molecule has 0 aliphatic carbocycles. The highest BCUT2D eigenvalue weighted by Crippen LogP contribution is 2.33. The van der Waals surface area contributed by atoms with Crippen LogP contribution >= 0.6 is 11.6 Å². The molecule has 2 aromatic carbocycles. The number of fused-ring (bicyclic) bond motifs is 1. The van der Waals surface area contributed by atoms with Gasteiger partial charge in [0.2, 0.25) is 10.0 Å². The van der Waals surface area contributed by atoms with Gasteiger partial charge >= 0.3 is 5.69 Å². The summed E-state index contributed by atoms with van der Waals surface area (Å²) >= 11 is 5.81. The molecule has 2 aliphatic heterocycles. The van der Waals surface area contributed by atoms with Crippen LogP contribution in [0.3, 0.4) is 0 Å². The third-order valence-corrected chi connectivity index (χ3v) is 7.77. The highest BCUT2D eigenvalue weighted by atomic mass is 35.5. The lowest BCUT2D eigenvalue weighted by molar-refractivity contribution is -0.385. The van der Waals surface area contributed by atoms with Crippen LogP contribution in [0.1, 0.15) is 24.8 Å². The quantitative estimate of drug-likeness (QED) is 0.464. The number of carbonyl (C=O) groups excluding carboxylic acids is 1. The number of halogens is 1. The number of aryl methyl sites for hydroxylation is 1. The van der Waals surface area contributed by atoms with E-state index in [1.165, 1.54) is 33.5 Å². The Morgan fingerprint density at radius 1 is 1.09 bits per heavy atom. The van der Waals surface area contributed by atoms with Gasteiger partial charge in [0, 0.05) is 36.4 Å². The Labute approximate surface area is 190 Å². The molecule has 0 unspecified atom stereocenters. The van der Waals surface area contributed by atoms with Crippen LogP contribution in [0.4, 0.5) is 11.4 Å². The van der Waals surface area contributed by atoms with Gasteiger partial charge in [-0.2, -0.15) is 4.31 Å². The Morgan fingerprint density at radius 3 is 2.56 bits per heavy atom. The number of anilines is 1. The minimum absolute atomic E-state index is 0.0444. The highest BCUT2D eigenvalue weighted by molar-refractivity contribution is 7.89. The normalized spacial score (nSPS) is 16.6. The first-order valence-electron chi connectivity index (χ1n) is 10.3. The van der Waals surface area contributed by atoms with Crippen LogP contribution in [-0.4, -0.2) is 49.8 Å². The second kappa shape index (κ2) is 9.05. The van der Waals surface area contributed by atoms with E-state index in [2.05, 4.69) is 0 Å². The first kappa shape index (κ1) is 22.5. The van der Waals surface area contributed by atoms with Crippen molar-refractivity contribution in [3.8, 4) is 5.75 Å². The molecule has 0 bridgehead atoms. The van der Waals surface area contributed by atoms with Gasteiger partial charge in [0.05, 0.1) is 9.82 Å². The zero-order valence-electron chi connectivity index (χ0n) is 17.2. The van der Waals surface area contributed by atoms with Crippen molar-refractivity contribution in [3.63, 3.8) is 0 Å². The maximum atomic E-state index is 12.9. The molecule has 0 radical (unpaired) electrons. The number of sulfonamides is 1. The van der Waals surface area contributed by atoms with Crippen LogP contribution in [0.15, 0.2) is 41.3 Å². The second-order valence-electron chi connectivity index (χ2n) is 7.71. The van der Waals surface area contributed by atoms with Crippen molar-refractivity contribution >= 4 is 38.9 Å². The van der Waals surface area contributed by atoms with E-state index in [1.807, 2.05) is 0 Å². The van der Waals surface area contributed by atoms with E-state index in [4.69, 9.17) is 16.3 Å². The van der Waals surface area contributed by atoms with Gasteiger partial charge in [-0.1, -0.05) is 11.6 Å². The summed E-state index contributed by atoms with van der Waals surface area (Å²) in [6, 6.07) is 8.80. The van der Waals surface area contributed by atoms with Gasteiger partial charge in [-0.3, -0.25) is 14.9 Å². The fraction of sp³-hybridized carbons (Fsp3) is 0.381. The summed E-state index contributed by atoms with van der Waals surface area (Å²) in [6.45, 7) is 1.11. The Hall–Kier alpha value is -2.69. The number of amides is 1. The van der Waals surface area contributed by atoms with Gasteiger partial charge < -0.3 is 9.64 Å². The van der Waals surface area contributed by atoms with Gasteiger partial charge in [0.15, 0.2) is 12.4 Å². The number of ether oxygens (including phenoxy) is 1. The first-order valence-corrected chi connectivity index (χ1v) is 12.1. The summed E-state index contributed by atoms with van der Waals surface area (Å²) < 4.78 is 32.7. The van der Waals surface area contributed by atoms with Crippen molar-refractivity contribution in [3.05, 3.63) is 57.1 Å². The maximum absolute atomic E-state index is 12.9. The summed E-state index contributed by atoms with van der Waals surface area (Å²) in [7, 11) is -3.54. The standard InChI is InChI=1S/C21H22ClN3O6S/c22-16-5-8-20(19(13-16)25(27)28)31-14-21(26)24-11-3-4-15-12-17(6-7-18(15)24)32(29,30)23-9-1-2-10-23/h5-8,12-13H,1-4,9-11,14H2. The molecule has 32 heavy (non-hydrogen) atoms. The predicted octanol–water partition coefficient (Wildman–Crippen LogP) is 3.39. The highest BCUT2D eigenvalue weighted by Gasteiger charge is 2.30. The van der Waals surface area contributed by atoms with E-state index in [1.54, 1.807) is 12.1 Å². The van der Waals surface area contributed by atoms with E-state index >= 15 is 0 Å². The molecule has 1 fully saturated rings. The van der Waals surface area contributed by atoms with E-state index in [-0.39, 0.29) is 27.3 Å². The summed E-state index contributed by atoms with van der Waals surface area (Å²) in [5.74, 6) is -0.414. The Balaban J connectivity index is 1.52. The van der Waals surface area contributed by atoms with Crippen molar-refractivity contribution in [1.29, 1.82) is 0 Å². The smallest absolute Gasteiger partial charge is 0.312 e. The lowest BCUT2D eigenvalue weighted by Crippen LogP contribution is -2.39. The number of nitro groups is 1. The summed E-state index contributed by atoms with van der Waals surface area (Å²) in [4.78, 5) is 25.2. The van der Waals surface area contributed by atoms with Crippen molar-refractivity contribution in [2.75, 3.05) is 31.1 Å². The minimum Gasteiger partial charge on any atom is -0.477 e. The average molecular weight is 480 g/mol. The van der Waals surface area contributed by atoms with Gasteiger partial charge in [-0.15, -0.1) is 0 Å². The largest absolute Gasteiger partial charge is 0.477 e. The lowest BCUT2D eigenvalue weighted by Gasteiger charge is -2.30. The van der Waals surface area contributed by atoms with Crippen molar-refractivity contribution < 1.29 is 22.9 Å². The average Bonchev–Trinajstić information content (AvgIpc) is 3.33. The molecule has 0 aromatic heterocycles. The molecule has 0 N–H and O–H groups in total. The molecule has 0 atom stereocenters. The molecule has 9 nitrogen and oxygen atoms in total. The molecule has 0 spiro atoms. The van der Waals surface area contributed by atoms with Crippen LogP contribution in [0.5, 0.6) is 5.75 Å². The van der Waals surface area contributed by atoms with Crippen LogP contribution in [0.2, 0.25) is 5.02 Å². The molecule has 2 heterocycles. The van der Waals surface area contributed by atoms with Crippen LogP contribution in [0.25, 0.3) is 0 Å². The topological polar surface area (TPSA) is 110 Å². The van der Waals surface area contributed by atoms with Crippen molar-refractivity contribution in [1.82, 2.24) is 4.31 Å². The maximum Gasteiger partial charge on any atom is 0.312 e.